The fraction of sp³-hybridized carbons (Fsp3) is 0.429. The molecule has 0 heterocycles. The van der Waals surface area contributed by atoms with Crippen molar-refractivity contribution in [1.29, 1.82) is 0 Å². The van der Waals surface area contributed by atoms with Crippen LogP contribution in [0.3, 0.4) is 0 Å². The third-order valence-electron chi connectivity index (χ3n) is 1.24. The van der Waals surface area contributed by atoms with Crippen molar-refractivity contribution >= 4 is 25.7 Å². The summed E-state index contributed by atoms with van der Waals surface area (Å²) in [6, 6.07) is 0. The fourth-order valence-electron chi connectivity index (χ4n) is 0.383. The molecule has 0 rings (SSSR count). The molecule has 0 aromatic heterocycles. The number of nitrogens with zero attached hydrogens (tertiary/aromatic N) is 3. The lowest BCUT2D eigenvalue weighted by Crippen LogP contribution is -2.25. The zero-order valence-corrected chi connectivity index (χ0v) is 7.75. The van der Waals surface area contributed by atoms with Crippen LogP contribution in [0.1, 0.15) is 6.92 Å². The van der Waals surface area contributed by atoms with Gasteiger partial charge >= 0.3 is 0 Å². The molecule has 0 N–H and O–H groups in total. The first-order valence-corrected chi connectivity index (χ1v) is 3.62. The molecule has 0 fully saturated rings. The van der Waals surface area contributed by atoms with Crippen LogP contribution >= 0.6 is 12.6 Å². The summed E-state index contributed by atoms with van der Waals surface area (Å²) < 4.78 is 0. The van der Waals surface area contributed by atoms with Gasteiger partial charge in [0, 0.05) is 7.05 Å². The smallest absolute Gasteiger partial charge is 0.117 e. The molecule has 62 valence electrons. The van der Waals surface area contributed by atoms with E-state index in [2.05, 4.69) is 35.9 Å². The maximum Gasteiger partial charge on any atom is 0.117 e. The van der Waals surface area contributed by atoms with Gasteiger partial charge in [-0.15, -0.1) is 12.6 Å². The average molecular weight is 171 g/mol. The third kappa shape index (κ3) is 4.61. The van der Waals surface area contributed by atoms with Crippen LogP contribution in [0.2, 0.25) is 0 Å². The SMILES string of the molecule is C=NC(C)N(C)C=NC(=C)S. The van der Waals surface area contributed by atoms with Crippen molar-refractivity contribution < 1.29 is 0 Å². The minimum absolute atomic E-state index is 0.0337. The Morgan fingerprint density at radius 3 is 2.64 bits per heavy atom. The molecule has 0 saturated heterocycles. The summed E-state index contributed by atoms with van der Waals surface area (Å²) in [5.74, 6) is 0. The predicted molar refractivity (Wildman–Crippen MR) is 53.4 cm³/mol. The summed E-state index contributed by atoms with van der Waals surface area (Å²) in [6.07, 6.45) is 1.65. The Kier molecular flexibility index (Phi) is 4.61. The molecule has 0 aliphatic heterocycles. The average Bonchev–Trinajstić information content (AvgIpc) is 1.98. The van der Waals surface area contributed by atoms with Crippen LogP contribution in [-0.4, -0.2) is 31.2 Å². The van der Waals surface area contributed by atoms with Gasteiger partial charge in [-0.1, -0.05) is 6.58 Å². The molecule has 0 aromatic carbocycles. The van der Waals surface area contributed by atoms with E-state index in [1.165, 1.54) is 0 Å². The van der Waals surface area contributed by atoms with Crippen LogP contribution in [-0.2, 0) is 0 Å². The van der Waals surface area contributed by atoms with Crippen molar-refractivity contribution in [3.05, 3.63) is 11.6 Å². The van der Waals surface area contributed by atoms with E-state index < -0.39 is 0 Å². The van der Waals surface area contributed by atoms with Gasteiger partial charge in [-0.05, 0) is 13.6 Å². The van der Waals surface area contributed by atoms with E-state index in [9.17, 15) is 0 Å². The molecular weight excluding hydrogens is 158 g/mol. The van der Waals surface area contributed by atoms with E-state index in [1.54, 1.807) is 6.34 Å². The minimum atomic E-state index is 0.0337. The Hall–Kier alpha value is -0.770. The van der Waals surface area contributed by atoms with Gasteiger partial charge in [-0.25, -0.2) is 4.99 Å². The van der Waals surface area contributed by atoms with Crippen molar-refractivity contribution in [2.75, 3.05) is 7.05 Å². The number of rotatable bonds is 4. The van der Waals surface area contributed by atoms with E-state index in [0.717, 1.165) is 0 Å². The number of hydrogen-bond donors (Lipinski definition) is 1. The Morgan fingerprint density at radius 1 is 1.73 bits per heavy atom. The van der Waals surface area contributed by atoms with Gasteiger partial charge in [0.05, 0.1) is 11.4 Å². The second kappa shape index (κ2) is 4.96. The summed E-state index contributed by atoms with van der Waals surface area (Å²) in [6.45, 7) is 8.84. The van der Waals surface area contributed by atoms with Gasteiger partial charge in [0.15, 0.2) is 0 Å². The lowest BCUT2D eigenvalue weighted by atomic mass is 10.5. The summed E-state index contributed by atoms with van der Waals surface area (Å²) >= 11 is 3.91. The molecule has 3 nitrogen and oxygen atoms in total. The summed E-state index contributed by atoms with van der Waals surface area (Å²) in [4.78, 5) is 9.49. The van der Waals surface area contributed by atoms with Crippen LogP contribution in [0.5, 0.6) is 0 Å². The van der Waals surface area contributed by atoms with E-state index in [4.69, 9.17) is 0 Å². The molecule has 0 aliphatic carbocycles. The zero-order valence-electron chi connectivity index (χ0n) is 6.86. The third-order valence-corrected chi connectivity index (χ3v) is 1.36. The summed E-state index contributed by atoms with van der Waals surface area (Å²) in [5.41, 5.74) is 0. The maximum absolute atomic E-state index is 3.91. The number of aliphatic imine (C=N–C) groups is 2. The second-order valence-corrected chi connectivity index (χ2v) is 2.66. The Morgan fingerprint density at radius 2 is 2.27 bits per heavy atom. The molecule has 1 atom stereocenters. The van der Waals surface area contributed by atoms with Crippen molar-refractivity contribution in [3.63, 3.8) is 0 Å². The van der Waals surface area contributed by atoms with Crippen LogP contribution in [0, 0.1) is 0 Å². The molecule has 0 aliphatic rings. The van der Waals surface area contributed by atoms with Crippen molar-refractivity contribution in [1.82, 2.24) is 4.90 Å². The first-order valence-electron chi connectivity index (χ1n) is 3.17. The molecule has 0 radical (unpaired) electrons. The lowest BCUT2D eigenvalue weighted by Gasteiger charge is -2.16. The summed E-state index contributed by atoms with van der Waals surface area (Å²) in [5, 5.41) is 0.480. The molecular formula is C7H13N3S. The molecule has 11 heavy (non-hydrogen) atoms. The molecule has 0 bridgehead atoms. The lowest BCUT2D eigenvalue weighted by molar-refractivity contribution is 0.416. The molecule has 0 saturated carbocycles. The maximum atomic E-state index is 3.91. The Bertz CT molecular complexity index is 177. The van der Waals surface area contributed by atoms with E-state index in [-0.39, 0.29) is 6.17 Å². The van der Waals surface area contributed by atoms with Crippen molar-refractivity contribution in [2.45, 2.75) is 13.1 Å². The normalized spacial score (nSPS) is 13.0. The van der Waals surface area contributed by atoms with Crippen molar-refractivity contribution in [3.8, 4) is 0 Å². The van der Waals surface area contributed by atoms with Crippen LogP contribution in [0.4, 0.5) is 0 Å². The minimum Gasteiger partial charge on any atom is -0.344 e. The number of hydrogen-bond acceptors (Lipinski definition) is 3. The highest BCUT2D eigenvalue weighted by molar-refractivity contribution is 7.84. The molecule has 0 aromatic rings. The van der Waals surface area contributed by atoms with E-state index in [1.807, 2.05) is 18.9 Å². The highest BCUT2D eigenvalue weighted by atomic mass is 32.1. The Balaban J connectivity index is 3.94. The Labute approximate surface area is 72.9 Å². The van der Waals surface area contributed by atoms with E-state index >= 15 is 0 Å². The quantitative estimate of drug-likeness (QED) is 0.386. The molecule has 0 spiro atoms. The second-order valence-electron chi connectivity index (χ2n) is 2.14. The first-order chi connectivity index (χ1) is 5.07. The van der Waals surface area contributed by atoms with Gasteiger partial charge in [0.25, 0.3) is 0 Å². The van der Waals surface area contributed by atoms with Crippen LogP contribution < -0.4 is 0 Å². The van der Waals surface area contributed by atoms with Gasteiger partial charge in [-0.2, -0.15) is 0 Å². The molecule has 1 unspecified atom stereocenters. The number of thiol groups is 1. The topological polar surface area (TPSA) is 28.0 Å². The standard InChI is InChI=1S/C7H13N3S/c1-6(8-3)10(4)5-9-7(2)11/h5-6,11H,2-3H2,1,4H3. The van der Waals surface area contributed by atoms with Crippen molar-refractivity contribution in [2.24, 2.45) is 9.98 Å². The van der Waals surface area contributed by atoms with Gasteiger partial charge in [-0.3, -0.25) is 4.99 Å². The largest absolute Gasteiger partial charge is 0.344 e. The van der Waals surface area contributed by atoms with E-state index in [0.29, 0.717) is 5.03 Å². The monoisotopic (exact) mass is 171 g/mol. The van der Waals surface area contributed by atoms with Gasteiger partial charge in [0.2, 0.25) is 0 Å². The zero-order chi connectivity index (χ0) is 8.85. The highest BCUT2D eigenvalue weighted by Crippen LogP contribution is 1.97. The van der Waals surface area contributed by atoms with Gasteiger partial charge < -0.3 is 4.90 Å². The predicted octanol–water partition coefficient (Wildman–Crippen LogP) is 1.39. The molecule has 4 heteroatoms. The van der Waals surface area contributed by atoms with Gasteiger partial charge in [0.1, 0.15) is 6.17 Å². The fourth-order valence-corrected chi connectivity index (χ4v) is 0.435. The summed E-state index contributed by atoms with van der Waals surface area (Å²) in [7, 11) is 1.86. The van der Waals surface area contributed by atoms with Crippen LogP contribution in [0.25, 0.3) is 0 Å². The highest BCUT2D eigenvalue weighted by Gasteiger charge is 1.98. The van der Waals surface area contributed by atoms with Crippen LogP contribution in [0.15, 0.2) is 21.6 Å². The first kappa shape index (κ1) is 10.2. The molecule has 0 amide bonds.